The van der Waals surface area contributed by atoms with E-state index < -0.39 is 29.1 Å². The van der Waals surface area contributed by atoms with Gasteiger partial charge >= 0.3 is 18.2 Å². The lowest BCUT2D eigenvalue weighted by molar-refractivity contribution is -0.142. The summed E-state index contributed by atoms with van der Waals surface area (Å²) in [5.74, 6) is 6.71. The Morgan fingerprint density at radius 2 is 1.74 bits per heavy atom. The van der Waals surface area contributed by atoms with Gasteiger partial charge in [0.05, 0.1) is 12.1 Å². The Balaban J connectivity index is 1.31. The number of ether oxygens (including phenoxy) is 4. The molecule has 2 heterocycles. The molecule has 11 heteroatoms. The molecule has 1 aliphatic carbocycles. The van der Waals surface area contributed by atoms with Gasteiger partial charge in [-0.1, -0.05) is 82.0 Å². The molecule has 1 aromatic heterocycles. The molecular weight excluding hydrogens is 674 g/mol. The number of amides is 2. The van der Waals surface area contributed by atoms with Crippen LogP contribution in [0.5, 0.6) is 11.6 Å². The van der Waals surface area contributed by atoms with Gasteiger partial charge < -0.3 is 34.3 Å². The highest BCUT2D eigenvalue weighted by molar-refractivity contribution is 5.89. The number of pyridine rings is 1. The number of rotatable bonds is 12. The van der Waals surface area contributed by atoms with E-state index in [9.17, 15) is 19.5 Å². The number of carbonyl (C=O) groups is 3. The third-order valence-corrected chi connectivity index (χ3v) is 9.37. The first-order chi connectivity index (χ1) is 25.1. The smallest absolute Gasteiger partial charge is 0.410 e. The zero-order valence-electron chi connectivity index (χ0n) is 31.9. The van der Waals surface area contributed by atoms with Crippen molar-refractivity contribution in [3.8, 4) is 23.5 Å². The van der Waals surface area contributed by atoms with E-state index in [1.807, 2.05) is 75.4 Å². The molecule has 53 heavy (non-hydrogen) atoms. The number of nitrogens with zero attached hydrogens (tertiary/aromatic N) is 2. The molecule has 5 unspecified atom stereocenters. The van der Waals surface area contributed by atoms with Gasteiger partial charge in [-0.25, -0.2) is 19.4 Å². The van der Waals surface area contributed by atoms with Crippen molar-refractivity contribution in [3.63, 3.8) is 0 Å². The number of nitrogens with one attached hydrogen (secondary N) is 1. The zero-order chi connectivity index (χ0) is 38.3. The van der Waals surface area contributed by atoms with Crippen molar-refractivity contribution in [1.29, 1.82) is 0 Å². The van der Waals surface area contributed by atoms with Crippen LogP contribution in [0.1, 0.15) is 98.1 Å². The number of likely N-dealkylation sites (tertiary alicyclic amines) is 1. The Hall–Kier alpha value is -4.98. The molecule has 3 aromatic rings. The fraction of sp³-hybridized carbons (Fsp3) is 0.524. The average Bonchev–Trinajstić information content (AvgIpc) is 3.68. The predicted octanol–water partition coefficient (Wildman–Crippen LogP) is 8.12. The Morgan fingerprint density at radius 3 is 2.42 bits per heavy atom. The topological polar surface area (TPSA) is 137 Å². The Labute approximate surface area is 312 Å². The van der Waals surface area contributed by atoms with Gasteiger partial charge in [0.25, 0.3) is 0 Å². The van der Waals surface area contributed by atoms with E-state index in [-0.39, 0.29) is 30.3 Å². The largest absolute Gasteiger partial charge is 0.487 e. The molecule has 2 amide bonds. The number of fused-ring (bicyclic) bond motifs is 1. The number of aromatic nitrogens is 1. The maximum atomic E-state index is 13.1. The summed E-state index contributed by atoms with van der Waals surface area (Å²) in [5, 5.41) is 12.8. The van der Waals surface area contributed by atoms with Crippen LogP contribution in [-0.2, 0) is 20.9 Å². The fourth-order valence-electron chi connectivity index (χ4n) is 6.49. The number of hydrogen-bond donors (Lipinski definition) is 2. The molecule has 2 N–H and O–H groups in total. The number of para-hydroxylation sites is 1. The van der Waals surface area contributed by atoms with E-state index in [1.54, 1.807) is 25.7 Å². The average molecular weight is 728 g/mol. The van der Waals surface area contributed by atoms with Crippen LogP contribution in [0.15, 0.2) is 54.6 Å². The van der Waals surface area contributed by atoms with Crippen molar-refractivity contribution in [2.75, 3.05) is 6.54 Å². The van der Waals surface area contributed by atoms with E-state index in [0.29, 0.717) is 48.7 Å². The summed E-state index contributed by atoms with van der Waals surface area (Å²) in [7, 11) is 0. The van der Waals surface area contributed by atoms with Crippen LogP contribution in [0.2, 0.25) is 0 Å². The molecule has 2 aliphatic rings. The first-order valence-electron chi connectivity index (χ1n) is 18.6. The molecule has 284 valence electrons. The van der Waals surface area contributed by atoms with Crippen LogP contribution in [0.4, 0.5) is 9.59 Å². The van der Waals surface area contributed by atoms with Gasteiger partial charge in [0.1, 0.15) is 41.8 Å². The first kappa shape index (κ1) is 39.2. The molecule has 0 radical (unpaired) electrons. The summed E-state index contributed by atoms with van der Waals surface area (Å²) in [4.78, 5) is 43.8. The second-order valence-corrected chi connectivity index (χ2v) is 16.0. The number of benzene rings is 2. The van der Waals surface area contributed by atoms with Crippen molar-refractivity contribution in [1.82, 2.24) is 15.2 Å². The highest BCUT2D eigenvalue weighted by Crippen LogP contribution is 2.39. The maximum Gasteiger partial charge on any atom is 0.410 e. The van der Waals surface area contributed by atoms with E-state index in [1.165, 1.54) is 0 Å². The van der Waals surface area contributed by atoms with Crippen molar-refractivity contribution < 1.29 is 38.4 Å². The van der Waals surface area contributed by atoms with Crippen LogP contribution in [0, 0.1) is 23.2 Å². The second-order valence-electron chi connectivity index (χ2n) is 16.0. The summed E-state index contributed by atoms with van der Waals surface area (Å²) >= 11 is 0. The summed E-state index contributed by atoms with van der Waals surface area (Å²) in [6, 6.07) is 16.6. The molecular formula is C42H53N3O8. The molecule has 2 fully saturated rings. The van der Waals surface area contributed by atoms with Crippen LogP contribution in [0.25, 0.3) is 10.9 Å². The Morgan fingerprint density at radius 1 is 1.02 bits per heavy atom. The summed E-state index contributed by atoms with van der Waals surface area (Å²) in [5.41, 5.74) is 1.02. The zero-order valence-corrected chi connectivity index (χ0v) is 31.9. The molecule has 11 nitrogen and oxygen atoms in total. The quantitative estimate of drug-likeness (QED) is 0.140. The van der Waals surface area contributed by atoms with Crippen LogP contribution < -0.4 is 14.8 Å². The number of alkyl carbamates (subject to hydrolysis) is 1. The monoisotopic (exact) mass is 727 g/mol. The second kappa shape index (κ2) is 16.8. The lowest BCUT2D eigenvalue weighted by atomic mass is 9.87. The highest BCUT2D eigenvalue weighted by atomic mass is 16.6. The lowest BCUT2D eigenvalue weighted by Gasteiger charge is -2.27. The molecule has 0 bridgehead atoms. The Bertz CT molecular complexity index is 1820. The van der Waals surface area contributed by atoms with Crippen LogP contribution >= 0.6 is 0 Å². The van der Waals surface area contributed by atoms with Crippen molar-refractivity contribution in [2.24, 2.45) is 11.3 Å². The third kappa shape index (κ3) is 10.8. The van der Waals surface area contributed by atoms with E-state index in [4.69, 9.17) is 23.9 Å². The number of aliphatic carboxylic acids is 1. The predicted molar refractivity (Wildman–Crippen MR) is 202 cm³/mol. The number of carboxylic acid groups (broad SMARTS) is 1. The van der Waals surface area contributed by atoms with Gasteiger partial charge in [0.15, 0.2) is 0 Å². The van der Waals surface area contributed by atoms with Gasteiger partial charge in [0, 0.05) is 24.3 Å². The number of hydrogen-bond acceptors (Lipinski definition) is 8. The normalized spacial score (nSPS) is 20.2. The van der Waals surface area contributed by atoms with Crippen molar-refractivity contribution in [2.45, 2.75) is 123 Å². The maximum absolute atomic E-state index is 13.1. The molecule has 0 spiro atoms. The van der Waals surface area contributed by atoms with Crippen LogP contribution in [-0.4, -0.2) is 69.6 Å². The van der Waals surface area contributed by atoms with Crippen molar-refractivity contribution in [3.05, 3.63) is 65.7 Å². The first-order valence-corrected chi connectivity index (χ1v) is 18.6. The SMILES string of the molecule is CCC1CC(Oc2nc3ccccc3c(OCc3ccccc3)c2C#CCCCC2CC2OC(=O)NC(C(=O)O)C(C)(C)C)CN1C(=O)OC(C)(C)C. The number of carboxylic acids is 1. The van der Waals surface area contributed by atoms with Crippen molar-refractivity contribution >= 4 is 29.1 Å². The molecule has 2 aromatic carbocycles. The van der Waals surface area contributed by atoms with E-state index >= 15 is 0 Å². The minimum Gasteiger partial charge on any atom is -0.487 e. The standard InChI is InChI=1S/C42H53N3O8/c1-8-29-24-30(25-45(29)40(49)53-42(5,6)7)51-37-32(35(31-20-15-16-22-33(31)43-37)50-26-27-17-11-9-12-18-27)21-14-10-13-19-28-23-34(28)52-39(48)44-36(38(46)47)41(2,3)4/h9,11-12,15-18,20,22,28-30,34,36H,8,10,13,19,23-26H2,1-7H3,(H,44,48)(H,46,47). The molecule has 5 rings (SSSR count). The molecule has 1 saturated carbocycles. The summed E-state index contributed by atoms with van der Waals surface area (Å²) < 4.78 is 24.4. The summed E-state index contributed by atoms with van der Waals surface area (Å²) in [6.45, 7) is 13.6. The highest BCUT2D eigenvalue weighted by Gasteiger charge is 2.42. The van der Waals surface area contributed by atoms with Gasteiger partial charge in [0.2, 0.25) is 5.88 Å². The lowest BCUT2D eigenvalue weighted by Crippen LogP contribution is -2.49. The van der Waals surface area contributed by atoms with Gasteiger partial charge in [-0.05, 0) is 75.5 Å². The van der Waals surface area contributed by atoms with Gasteiger partial charge in [-0.2, -0.15) is 0 Å². The number of carbonyl (C=O) groups excluding carboxylic acids is 2. The van der Waals surface area contributed by atoms with Gasteiger partial charge in [-0.15, -0.1) is 0 Å². The van der Waals surface area contributed by atoms with E-state index in [0.717, 1.165) is 36.6 Å². The van der Waals surface area contributed by atoms with E-state index in [2.05, 4.69) is 24.1 Å². The third-order valence-electron chi connectivity index (χ3n) is 9.37. The minimum atomic E-state index is -1.10. The Kier molecular flexibility index (Phi) is 12.4. The van der Waals surface area contributed by atoms with Crippen LogP contribution in [0.3, 0.4) is 0 Å². The molecule has 1 saturated heterocycles. The number of unbranched alkanes of at least 4 members (excludes halogenated alkanes) is 1. The molecule has 1 aliphatic heterocycles. The minimum absolute atomic E-state index is 0.0305. The van der Waals surface area contributed by atoms with Gasteiger partial charge in [-0.3, -0.25) is 0 Å². The summed E-state index contributed by atoms with van der Waals surface area (Å²) in [6.07, 6.45) is 2.69. The molecule has 5 atom stereocenters. The fourth-order valence-corrected chi connectivity index (χ4v) is 6.49.